The summed E-state index contributed by atoms with van der Waals surface area (Å²) >= 11 is 0. The lowest BCUT2D eigenvalue weighted by Gasteiger charge is -2.16. The molecule has 6 heteroatoms. The minimum absolute atomic E-state index is 0.140. The fourth-order valence-corrected chi connectivity index (χ4v) is 3.20. The first-order valence-corrected chi connectivity index (χ1v) is 8.80. The van der Waals surface area contributed by atoms with E-state index in [0.717, 1.165) is 11.3 Å². The largest absolute Gasteiger partial charge is 0.462 e. The summed E-state index contributed by atoms with van der Waals surface area (Å²) < 4.78 is 5.29. The quantitative estimate of drug-likeness (QED) is 0.447. The van der Waals surface area contributed by atoms with Crippen molar-refractivity contribution >= 4 is 23.5 Å². The molecule has 0 saturated carbocycles. The highest BCUT2D eigenvalue weighted by Gasteiger charge is 2.34. The third kappa shape index (κ3) is 3.69. The maximum atomic E-state index is 12.3. The second-order valence-electron chi connectivity index (χ2n) is 6.69. The summed E-state index contributed by atoms with van der Waals surface area (Å²) in [5.74, 6) is -1.00. The Bertz CT molecular complexity index is 870. The number of anilines is 1. The van der Waals surface area contributed by atoms with Gasteiger partial charge in [-0.1, -0.05) is 12.1 Å². The molecule has 2 aromatic carbocycles. The number of esters is 1. The Labute approximate surface area is 158 Å². The molecule has 2 amide bonds. The number of carbonyl (C=O) groups excluding carboxylic acids is 3. The molecule has 140 valence electrons. The van der Waals surface area contributed by atoms with E-state index in [-0.39, 0.29) is 25.0 Å². The van der Waals surface area contributed by atoms with Crippen LogP contribution in [0.25, 0.3) is 0 Å². The van der Waals surface area contributed by atoms with Crippen LogP contribution < -0.4 is 4.90 Å². The van der Waals surface area contributed by atoms with E-state index in [0.29, 0.717) is 23.1 Å². The summed E-state index contributed by atoms with van der Waals surface area (Å²) in [5, 5.41) is 0. The molecule has 1 aliphatic heterocycles. The molecule has 0 radical (unpaired) electrons. The van der Waals surface area contributed by atoms with E-state index in [1.165, 1.54) is 4.90 Å². The van der Waals surface area contributed by atoms with Gasteiger partial charge < -0.3 is 9.64 Å². The van der Waals surface area contributed by atoms with Crippen molar-refractivity contribution in [1.29, 1.82) is 0 Å². The van der Waals surface area contributed by atoms with Crippen molar-refractivity contribution in [3.05, 3.63) is 64.7 Å². The smallest absolute Gasteiger partial charge is 0.338 e. The molecule has 3 rings (SSSR count). The first-order chi connectivity index (χ1) is 12.9. The molecule has 6 nitrogen and oxygen atoms in total. The molecule has 0 aromatic heterocycles. The van der Waals surface area contributed by atoms with Crippen molar-refractivity contribution in [2.45, 2.75) is 13.3 Å². The van der Waals surface area contributed by atoms with Gasteiger partial charge in [-0.15, -0.1) is 0 Å². The second-order valence-corrected chi connectivity index (χ2v) is 6.69. The first kappa shape index (κ1) is 18.6. The van der Waals surface area contributed by atoms with Gasteiger partial charge in [0.15, 0.2) is 0 Å². The molecule has 0 aliphatic carbocycles. The minimum atomic E-state index is -0.411. The lowest BCUT2D eigenvalue weighted by atomic mass is 10.1. The Morgan fingerprint density at radius 2 is 1.67 bits per heavy atom. The number of ether oxygens (including phenoxy) is 1. The zero-order valence-electron chi connectivity index (χ0n) is 15.7. The maximum Gasteiger partial charge on any atom is 0.338 e. The number of amides is 2. The van der Waals surface area contributed by atoms with Gasteiger partial charge in [0.05, 0.1) is 23.3 Å². The van der Waals surface area contributed by atoms with Crippen LogP contribution >= 0.6 is 0 Å². The number of hydrogen-bond donors (Lipinski definition) is 0. The standard InChI is InChI=1S/C21H22N2O4/c1-14-13-15(9-10-18(14)22(2)3)21(26)27-12-6-11-23-19(24)16-7-4-5-8-17(16)20(23)25/h4-5,7-10,13H,6,11-12H2,1-3H3. The van der Waals surface area contributed by atoms with Gasteiger partial charge in [0.2, 0.25) is 0 Å². The number of nitrogens with zero attached hydrogens (tertiary/aromatic N) is 2. The zero-order chi connectivity index (χ0) is 19.6. The molecule has 0 atom stereocenters. The third-order valence-corrected chi connectivity index (χ3v) is 4.55. The lowest BCUT2D eigenvalue weighted by Crippen LogP contribution is -2.31. The molecule has 1 heterocycles. The number of fused-ring (bicyclic) bond motifs is 1. The maximum absolute atomic E-state index is 12.3. The van der Waals surface area contributed by atoms with E-state index in [1.54, 1.807) is 36.4 Å². The SMILES string of the molecule is Cc1cc(C(=O)OCCCN2C(=O)c3ccccc3C2=O)ccc1N(C)C. The van der Waals surface area contributed by atoms with E-state index < -0.39 is 5.97 Å². The van der Waals surface area contributed by atoms with Crippen LogP contribution in [-0.4, -0.2) is 49.9 Å². The van der Waals surface area contributed by atoms with E-state index >= 15 is 0 Å². The Balaban J connectivity index is 1.52. The summed E-state index contributed by atoms with van der Waals surface area (Å²) in [6.07, 6.45) is 0.395. The molecule has 0 N–H and O–H groups in total. The number of aryl methyl sites for hydroxylation is 1. The Morgan fingerprint density at radius 3 is 2.22 bits per heavy atom. The van der Waals surface area contributed by atoms with E-state index in [1.807, 2.05) is 32.0 Å². The second kappa shape index (κ2) is 7.61. The van der Waals surface area contributed by atoms with Crippen LogP contribution in [0.5, 0.6) is 0 Å². The van der Waals surface area contributed by atoms with Crippen molar-refractivity contribution < 1.29 is 19.1 Å². The van der Waals surface area contributed by atoms with Crippen LogP contribution in [0.2, 0.25) is 0 Å². The van der Waals surface area contributed by atoms with Crippen molar-refractivity contribution in [1.82, 2.24) is 4.90 Å². The highest BCUT2D eigenvalue weighted by molar-refractivity contribution is 6.21. The van der Waals surface area contributed by atoms with E-state index in [9.17, 15) is 14.4 Å². The number of rotatable bonds is 6. The van der Waals surface area contributed by atoms with Gasteiger partial charge in [-0.25, -0.2) is 4.79 Å². The molecule has 0 saturated heterocycles. The van der Waals surface area contributed by atoms with Gasteiger partial charge in [0.25, 0.3) is 11.8 Å². The van der Waals surface area contributed by atoms with Crippen LogP contribution in [0, 0.1) is 6.92 Å². The summed E-state index contributed by atoms with van der Waals surface area (Å²) in [7, 11) is 3.89. The van der Waals surface area contributed by atoms with Gasteiger partial charge in [-0.3, -0.25) is 14.5 Å². The van der Waals surface area contributed by atoms with Gasteiger partial charge in [0.1, 0.15) is 0 Å². The fraction of sp³-hybridized carbons (Fsp3) is 0.286. The molecule has 1 aliphatic rings. The first-order valence-electron chi connectivity index (χ1n) is 8.80. The predicted molar refractivity (Wildman–Crippen MR) is 102 cm³/mol. The fourth-order valence-electron chi connectivity index (χ4n) is 3.20. The Hall–Kier alpha value is -3.15. The van der Waals surface area contributed by atoms with Crippen LogP contribution in [0.4, 0.5) is 5.69 Å². The van der Waals surface area contributed by atoms with Gasteiger partial charge in [-0.05, 0) is 49.2 Å². The summed E-state index contributed by atoms with van der Waals surface area (Å²) in [4.78, 5) is 39.9. The van der Waals surface area contributed by atoms with Crippen LogP contribution in [0.3, 0.4) is 0 Å². The van der Waals surface area contributed by atoms with E-state index in [2.05, 4.69) is 0 Å². The molecular weight excluding hydrogens is 344 g/mol. The topological polar surface area (TPSA) is 66.9 Å². The zero-order valence-corrected chi connectivity index (χ0v) is 15.7. The van der Waals surface area contributed by atoms with Gasteiger partial charge in [-0.2, -0.15) is 0 Å². The molecule has 0 spiro atoms. The molecule has 0 bridgehead atoms. The minimum Gasteiger partial charge on any atom is -0.462 e. The highest BCUT2D eigenvalue weighted by Crippen LogP contribution is 2.22. The Kier molecular flexibility index (Phi) is 5.26. The summed E-state index contributed by atoms with van der Waals surface area (Å²) in [5.41, 5.74) is 3.36. The number of benzene rings is 2. The van der Waals surface area contributed by atoms with Crippen molar-refractivity contribution in [2.24, 2.45) is 0 Å². The lowest BCUT2D eigenvalue weighted by molar-refractivity contribution is 0.0482. The normalized spacial score (nSPS) is 12.9. The summed E-state index contributed by atoms with van der Waals surface area (Å²) in [6.45, 7) is 2.30. The van der Waals surface area contributed by atoms with E-state index in [4.69, 9.17) is 4.74 Å². The van der Waals surface area contributed by atoms with Crippen molar-refractivity contribution in [3.63, 3.8) is 0 Å². The van der Waals surface area contributed by atoms with Gasteiger partial charge >= 0.3 is 5.97 Å². The highest BCUT2D eigenvalue weighted by atomic mass is 16.5. The molecular formula is C21H22N2O4. The molecule has 2 aromatic rings. The Morgan fingerprint density at radius 1 is 1.04 bits per heavy atom. The predicted octanol–water partition coefficient (Wildman–Crippen LogP) is 2.90. The number of imide groups is 1. The monoisotopic (exact) mass is 366 g/mol. The van der Waals surface area contributed by atoms with Crippen molar-refractivity contribution in [3.8, 4) is 0 Å². The molecule has 0 unspecified atom stereocenters. The molecule has 0 fully saturated rings. The van der Waals surface area contributed by atoms with Gasteiger partial charge in [0, 0.05) is 26.3 Å². The van der Waals surface area contributed by atoms with Crippen LogP contribution in [0.15, 0.2) is 42.5 Å². The summed E-state index contributed by atoms with van der Waals surface area (Å²) in [6, 6.07) is 12.2. The van der Waals surface area contributed by atoms with Crippen molar-refractivity contribution in [2.75, 3.05) is 32.1 Å². The third-order valence-electron chi connectivity index (χ3n) is 4.55. The van der Waals surface area contributed by atoms with Crippen LogP contribution in [-0.2, 0) is 4.74 Å². The van der Waals surface area contributed by atoms with Crippen LogP contribution in [0.1, 0.15) is 43.1 Å². The average Bonchev–Trinajstić information content (AvgIpc) is 2.89. The average molecular weight is 366 g/mol. The molecule has 27 heavy (non-hydrogen) atoms. The number of hydrogen-bond acceptors (Lipinski definition) is 5. The number of carbonyl (C=O) groups is 3.